The summed E-state index contributed by atoms with van der Waals surface area (Å²) in [7, 11) is -3.94. The van der Waals surface area contributed by atoms with E-state index in [1.54, 1.807) is 18.2 Å². The molecule has 0 amide bonds. The summed E-state index contributed by atoms with van der Waals surface area (Å²) < 4.78 is 38.8. The van der Waals surface area contributed by atoms with Crippen LogP contribution in [0.4, 0.5) is 4.39 Å². The van der Waals surface area contributed by atoms with Crippen LogP contribution in [0.2, 0.25) is 0 Å². The first-order valence-electron chi connectivity index (χ1n) is 7.32. The Morgan fingerprint density at radius 2 is 1.96 bits per heavy atom. The molecule has 0 saturated heterocycles. The van der Waals surface area contributed by atoms with Gasteiger partial charge >= 0.3 is 0 Å². The van der Waals surface area contributed by atoms with Crippen molar-refractivity contribution < 1.29 is 12.8 Å². The molecule has 26 heavy (non-hydrogen) atoms. The lowest BCUT2D eigenvalue weighted by Gasteiger charge is -2.14. The van der Waals surface area contributed by atoms with E-state index in [1.165, 1.54) is 31.3 Å². The Labute approximate surface area is 155 Å². The number of aromatic nitrogens is 2. The molecule has 0 aliphatic carbocycles. The summed E-state index contributed by atoms with van der Waals surface area (Å²) in [5.41, 5.74) is 1.56. The number of nitrogens with one attached hydrogen (secondary N) is 2. The van der Waals surface area contributed by atoms with Crippen LogP contribution in [0.15, 0.2) is 47.4 Å². The molecule has 1 atom stereocenters. The van der Waals surface area contributed by atoms with Crippen molar-refractivity contribution in [3.8, 4) is 11.1 Å². The van der Waals surface area contributed by atoms with Crippen molar-refractivity contribution in [2.24, 2.45) is 5.14 Å². The number of rotatable bonds is 4. The second-order valence-corrected chi connectivity index (χ2v) is 6.89. The molecular formula is C16H16ClFN4O3S. The third-order valence-corrected chi connectivity index (χ3v) is 4.43. The number of hydrogen-bond acceptors (Lipinski definition) is 4. The third kappa shape index (κ3) is 4.25. The Morgan fingerprint density at radius 3 is 2.62 bits per heavy atom. The molecule has 0 radical (unpaired) electrons. The SMILES string of the molecule is C[C@@H](NS(N)(=O)=O)c1ccc(-c2ccnc3[nH]c(=O)ccc23)cc1F.Cl. The van der Waals surface area contributed by atoms with Gasteiger partial charge in [-0.25, -0.2) is 14.5 Å². The molecule has 2 aromatic heterocycles. The summed E-state index contributed by atoms with van der Waals surface area (Å²) in [5.74, 6) is -0.574. The van der Waals surface area contributed by atoms with Gasteiger partial charge in [-0.15, -0.1) is 12.4 Å². The molecule has 0 saturated carbocycles. The highest BCUT2D eigenvalue weighted by Gasteiger charge is 2.16. The molecule has 2 heterocycles. The van der Waals surface area contributed by atoms with E-state index >= 15 is 0 Å². The fourth-order valence-electron chi connectivity index (χ4n) is 2.67. The normalized spacial score (nSPS) is 12.6. The van der Waals surface area contributed by atoms with Crippen molar-refractivity contribution in [1.29, 1.82) is 0 Å². The number of H-pyrrole nitrogens is 1. The minimum absolute atomic E-state index is 0. The quantitative estimate of drug-likeness (QED) is 0.622. The second kappa shape index (κ2) is 7.50. The number of nitrogens with two attached hydrogens (primary N) is 1. The predicted molar refractivity (Wildman–Crippen MR) is 99.7 cm³/mol. The van der Waals surface area contributed by atoms with Gasteiger partial charge in [-0.2, -0.15) is 13.1 Å². The first-order chi connectivity index (χ1) is 11.7. The highest BCUT2D eigenvalue weighted by Crippen LogP contribution is 2.29. The maximum Gasteiger partial charge on any atom is 0.274 e. The van der Waals surface area contributed by atoms with Gasteiger partial charge in [0, 0.05) is 29.3 Å². The second-order valence-electron chi connectivity index (χ2n) is 5.56. The monoisotopic (exact) mass is 398 g/mol. The minimum atomic E-state index is -3.94. The molecule has 4 N–H and O–H groups in total. The van der Waals surface area contributed by atoms with E-state index in [-0.39, 0.29) is 23.5 Å². The fourth-order valence-corrected chi connectivity index (χ4v) is 3.29. The molecule has 138 valence electrons. The number of halogens is 2. The van der Waals surface area contributed by atoms with Gasteiger partial charge < -0.3 is 4.98 Å². The van der Waals surface area contributed by atoms with Gasteiger partial charge in [-0.05, 0) is 36.2 Å². The van der Waals surface area contributed by atoms with E-state index in [9.17, 15) is 17.6 Å². The van der Waals surface area contributed by atoms with E-state index in [0.29, 0.717) is 22.2 Å². The molecule has 0 unspecified atom stereocenters. The van der Waals surface area contributed by atoms with Gasteiger partial charge in [0.2, 0.25) is 5.56 Å². The number of hydrogen-bond donors (Lipinski definition) is 3. The van der Waals surface area contributed by atoms with Crippen LogP contribution in [-0.2, 0) is 10.2 Å². The highest BCUT2D eigenvalue weighted by molar-refractivity contribution is 7.87. The van der Waals surface area contributed by atoms with E-state index in [4.69, 9.17) is 5.14 Å². The van der Waals surface area contributed by atoms with Gasteiger partial charge in [-0.1, -0.05) is 12.1 Å². The zero-order chi connectivity index (χ0) is 18.2. The van der Waals surface area contributed by atoms with E-state index < -0.39 is 22.1 Å². The molecule has 7 nitrogen and oxygen atoms in total. The van der Waals surface area contributed by atoms with Crippen LogP contribution in [0.5, 0.6) is 0 Å². The highest BCUT2D eigenvalue weighted by atomic mass is 35.5. The molecule has 0 spiro atoms. The summed E-state index contributed by atoms with van der Waals surface area (Å²) in [5, 5.41) is 5.59. The molecular weight excluding hydrogens is 383 g/mol. The van der Waals surface area contributed by atoms with Gasteiger partial charge in [-0.3, -0.25) is 4.79 Å². The molecule has 3 aromatic rings. The number of fused-ring (bicyclic) bond motifs is 1. The molecule has 10 heteroatoms. The maximum absolute atomic E-state index is 14.5. The van der Waals surface area contributed by atoms with Gasteiger partial charge in [0.25, 0.3) is 10.2 Å². The number of pyridine rings is 2. The molecule has 0 aliphatic rings. The predicted octanol–water partition coefficient (Wildman–Crippen LogP) is 2.01. The Morgan fingerprint density at radius 1 is 1.23 bits per heavy atom. The fraction of sp³-hybridized carbons (Fsp3) is 0.125. The molecule has 3 rings (SSSR count). The first-order valence-corrected chi connectivity index (χ1v) is 8.87. The van der Waals surface area contributed by atoms with Crippen LogP contribution in [0, 0.1) is 5.82 Å². The van der Waals surface area contributed by atoms with Gasteiger partial charge in [0.1, 0.15) is 11.5 Å². The Bertz CT molecular complexity index is 1120. The number of nitrogens with zero attached hydrogens (tertiary/aromatic N) is 1. The molecule has 0 aliphatic heterocycles. The minimum Gasteiger partial charge on any atom is -0.307 e. The van der Waals surface area contributed by atoms with Crippen molar-refractivity contribution in [2.45, 2.75) is 13.0 Å². The summed E-state index contributed by atoms with van der Waals surface area (Å²) in [4.78, 5) is 18.1. The van der Waals surface area contributed by atoms with Crippen molar-refractivity contribution in [2.75, 3.05) is 0 Å². The Hall–Kier alpha value is -2.33. The molecule has 0 fully saturated rings. The van der Waals surface area contributed by atoms with E-state index in [1.807, 2.05) is 0 Å². The largest absolute Gasteiger partial charge is 0.307 e. The molecule has 1 aromatic carbocycles. The lowest BCUT2D eigenvalue weighted by atomic mass is 9.99. The van der Waals surface area contributed by atoms with Crippen LogP contribution in [0.25, 0.3) is 22.2 Å². The van der Waals surface area contributed by atoms with E-state index in [0.717, 1.165) is 0 Å². The average molecular weight is 399 g/mol. The van der Waals surface area contributed by atoms with Crippen molar-refractivity contribution >= 4 is 33.6 Å². The van der Waals surface area contributed by atoms with Crippen molar-refractivity contribution in [3.63, 3.8) is 0 Å². The van der Waals surface area contributed by atoms with Gasteiger partial charge in [0.15, 0.2) is 0 Å². The summed E-state index contributed by atoms with van der Waals surface area (Å²) in [6.07, 6.45) is 1.52. The number of benzene rings is 1. The zero-order valence-electron chi connectivity index (χ0n) is 13.6. The van der Waals surface area contributed by atoms with Gasteiger partial charge in [0.05, 0.1) is 0 Å². The van der Waals surface area contributed by atoms with Crippen LogP contribution in [-0.4, -0.2) is 18.4 Å². The Balaban J connectivity index is 0.00000243. The standard InChI is InChI=1S/C16H15FN4O3S.ClH/c1-9(21-25(18,23)24)11-3-2-10(8-14(11)17)12-6-7-19-16-13(12)4-5-15(22)20-16;/h2-9,21H,1H3,(H2,18,23,24)(H,19,20,22);1H/t9-;/m1./s1. The first kappa shape index (κ1) is 20.0. The molecule has 0 bridgehead atoms. The summed E-state index contributed by atoms with van der Waals surface area (Å²) in [6, 6.07) is 8.35. The van der Waals surface area contributed by atoms with Crippen LogP contribution >= 0.6 is 12.4 Å². The zero-order valence-corrected chi connectivity index (χ0v) is 15.2. The maximum atomic E-state index is 14.5. The van der Waals surface area contributed by atoms with E-state index in [2.05, 4.69) is 14.7 Å². The van der Waals surface area contributed by atoms with Crippen LogP contribution in [0.1, 0.15) is 18.5 Å². The van der Waals surface area contributed by atoms with Crippen LogP contribution < -0.4 is 15.4 Å². The smallest absolute Gasteiger partial charge is 0.274 e. The lowest BCUT2D eigenvalue weighted by molar-refractivity contribution is 0.551. The third-order valence-electron chi connectivity index (χ3n) is 3.75. The summed E-state index contributed by atoms with van der Waals surface area (Å²) in [6.45, 7) is 1.50. The van der Waals surface area contributed by atoms with Crippen LogP contribution in [0.3, 0.4) is 0 Å². The Kier molecular flexibility index (Phi) is 5.77. The summed E-state index contributed by atoms with van der Waals surface area (Å²) >= 11 is 0. The average Bonchev–Trinajstić information content (AvgIpc) is 2.52. The lowest BCUT2D eigenvalue weighted by Crippen LogP contribution is -2.33. The van der Waals surface area contributed by atoms with Crippen molar-refractivity contribution in [1.82, 2.24) is 14.7 Å². The number of aromatic amines is 1. The van der Waals surface area contributed by atoms with Crippen molar-refractivity contribution in [3.05, 3.63) is 64.3 Å². The topological polar surface area (TPSA) is 118 Å².